The molecule has 3 rings (SSSR count). The summed E-state index contributed by atoms with van der Waals surface area (Å²) in [6.07, 6.45) is 6.34. The van der Waals surface area contributed by atoms with Gasteiger partial charge >= 0.3 is 0 Å². The fourth-order valence-corrected chi connectivity index (χ4v) is 2.73. The van der Waals surface area contributed by atoms with Crippen molar-refractivity contribution in [1.29, 1.82) is 0 Å². The highest BCUT2D eigenvalue weighted by atomic mass is 35.5. The van der Waals surface area contributed by atoms with Gasteiger partial charge in [0, 0.05) is 17.3 Å². The summed E-state index contributed by atoms with van der Waals surface area (Å²) in [7, 11) is 0. The zero-order valence-corrected chi connectivity index (χ0v) is 14.4. The Morgan fingerprint density at radius 2 is 2.04 bits per heavy atom. The lowest BCUT2D eigenvalue weighted by Gasteiger charge is -2.08. The van der Waals surface area contributed by atoms with Crippen molar-refractivity contribution < 1.29 is 0 Å². The fourth-order valence-electron chi connectivity index (χ4n) is 2.54. The van der Waals surface area contributed by atoms with Crippen LogP contribution in [0.1, 0.15) is 32.6 Å². The second-order valence-corrected chi connectivity index (χ2v) is 6.08. The Bertz CT molecular complexity index is 801. The van der Waals surface area contributed by atoms with E-state index in [-0.39, 0.29) is 0 Å². The predicted octanol–water partition coefficient (Wildman–Crippen LogP) is 4.74. The Balaban J connectivity index is 1.79. The average Bonchev–Trinajstić information content (AvgIpc) is 2.99. The molecule has 0 fully saturated rings. The van der Waals surface area contributed by atoms with Gasteiger partial charge in [-0.2, -0.15) is 5.10 Å². The van der Waals surface area contributed by atoms with E-state index in [9.17, 15) is 0 Å². The van der Waals surface area contributed by atoms with E-state index in [2.05, 4.69) is 37.7 Å². The minimum atomic E-state index is 0.673. The van der Waals surface area contributed by atoms with Crippen molar-refractivity contribution >= 4 is 40.0 Å². The summed E-state index contributed by atoms with van der Waals surface area (Å²) in [5.74, 6) is 1.47. The third kappa shape index (κ3) is 3.94. The molecule has 0 saturated carbocycles. The van der Waals surface area contributed by atoms with Crippen molar-refractivity contribution in [1.82, 2.24) is 20.2 Å². The van der Waals surface area contributed by atoms with Gasteiger partial charge in [0.25, 0.3) is 0 Å². The molecule has 0 radical (unpaired) electrons. The molecular formula is C17H21ClN6. The number of hydrogen-bond acceptors (Lipinski definition) is 5. The predicted molar refractivity (Wildman–Crippen MR) is 99.1 cm³/mol. The maximum absolute atomic E-state index is 6.05. The number of fused-ring (bicyclic) bond motifs is 1. The van der Waals surface area contributed by atoms with E-state index in [0.29, 0.717) is 16.5 Å². The minimum Gasteiger partial charge on any atom is -0.368 e. The first kappa shape index (κ1) is 16.5. The van der Waals surface area contributed by atoms with Gasteiger partial charge in [0.2, 0.25) is 0 Å². The quantitative estimate of drug-likeness (QED) is 0.514. The molecule has 0 atom stereocenters. The molecule has 0 aliphatic heterocycles. The molecule has 0 bridgehead atoms. The van der Waals surface area contributed by atoms with Gasteiger partial charge in [-0.15, -0.1) is 0 Å². The summed E-state index contributed by atoms with van der Waals surface area (Å²) in [4.78, 5) is 8.60. The Hall–Kier alpha value is -2.34. The first-order valence-electron chi connectivity index (χ1n) is 8.23. The molecule has 3 aromatic rings. The molecule has 7 heteroatoms. The van der Waals surface area contributed by atoms with Crippen LogP contribution in [0.3, 0.4) is 0 Å². The second kappa shape index (κ2) is 7.97. The number of halogens is 1. The van der Waals surface area contributed by atoms with E-state index in [1.807, 2.05) is 24.3 Å². The Labute approximate surface area is 146 Å². The zero-order chi connectivity index (χ0) is 16.8. The van der Waals surface area contributed by atoms with Gasteiger partial charge in [-0.1, -0.05) is 43.9 Å². The van der Waals surface area contributed by atoms with Gasteiger partial charge in [-0.25, -0.2) is 9.97 Å². The van der Waals surface area contributed by atoms with Crippen LogP contribution in [0.25, 0.3) is 11.0 Å². The van der Waals surface area contributed by atoms with Gasteiger partial charge < -0.3 is 10.6 Å². The van der Waals surface area contributed by atoms with Crippen LogP contribution in [0.2, 0.25) is 5.02 Å². The number of H-pyrrole nitrogens is 1. The van der Waals surface area contributed by atoms with Crippen LogP contribution in [0.5, 0.6) is 0 Å². The molecule has 1 aromatic carbocycles. The number of nitrogens with zero attached hydrogens (tertiary/aromatic N) is 3. The van der Waals surface area contributed by atoms with Crippen molar-refractivity contribution in [2.24, 2.45) is 0 Å². The third-order valence-corrected chi connectivity index (χ3v) is 4.00. The molecule has 2 aromatic heterocycles. The van der Waals surface area contributed by atoms with E-state index in [1.165, 1.54) is 25.6 Å². The van der Waals surface area contributed by atoms with Gasteiger partial charge in [-0.05, 0) is 24.6 Å². The highest BCUT2D eigenvalue weighted by Gasteiger charge is 2.12. The van der Waals surface area contributed by atoms with Crippen LogP contribution in [0.4, 0.5) is 17.3 Å². The number of aromatic nitrogens is 4. The SMILES string of the molecule is CCCCCCNc1n[nH]c2ncnc(Nc3cccc(Cl)c3)c12. The Morgan fingerprint density at radius 3 is 2.88 bits per heavy atom. The van der Waals surface area contributed by atoms with E-state index < -0.39 is 0 Å². The summed E-state index contributed by atoms with van der Waals surface area (Å²) < 4.78 is 0. The van der Waals surface area contributed by atoms with Crippen molar-refractivity contribution in [2.75, 3.05) is 17.2 Å². The third-order valence-electron chi connectivity index (χ3n) is 3.77. The number of anilines is 3. The number of aromatic amines is 1. The molecule has 0 unspecified atom stereocenters. The topological polar surface area (TPSA) is 78.5 Å². The molecular weight excluding hydrogens is 324 g/mol. The largest absolute Gasteiger partial charge is 0.368 e. The standard InChI is InChI=1S/C17H21ClN6/c1-2-3-4-5-9-19-16-14-15(20-11-21-17(14)24-23-16)22-13-8-6-7-12(18)10-13/h6-8,10-11H,2-5,9H2,1H3,(H3,19,20,21,22,23,24). The molecule has 0 saturated heterocycles. The zero-order valence-electron chi connectivity index (χ0n) is 13.6. The minimum absolute atomic E-state index is 0.673. The summed E-state index contributed by atoms with van der Waals surface area (Å²) in [5, 5.41) is 15.5. The van der Waals surface area contributed by atoms with Gasteiger partial charge in [0.1, 0.15) is 17.5 Å². The molecule has 0 aliphatic rings. The summed E-state index contributed by atoms with van der Waals surface area (Å²) >= 11 is 6.05. The lowest BCUT2D eigenvalue weighted by molar-refractivity contribution is 0.684. The normalized spacial score (nSPS) is 10.9. The van der Waals surface area contributed by atoms with Crippen LogP contribution in [0.15, 0.2) is 30.6 Å². The first-order chi connectivity index (χ1) is 11.8. The maximum atomic E-state index is 6.05. The molecule has 2 heterocycles. The number of benzene rings is 1. The first-order valence-corrected chi connectivity index (χ1v) is 8.61. The van der Waals surface area contributed by atoms with Crippen LogP contribution in [-0.4, -0.2) is 26.7 Å². The number of rotatable bonds is 8. The number of unbranched alkanes of at least 4 members (excludes halogenated alkanes) is 3. The second-order valence-electron chi connectivity index (χ2n) is 5.64. The van der Waals surface area contributed by atoms with Crippen molar-refractivity contribution in [3.8, 4) is 0 Å². The van der Waals surface area contributed by atoms with Crippen molar-refractivity contribution in [3.63, 3.8) is 0 Å². The van der Waals surface area contributed by atoms with Crippen LogP contribution >= 0.6 is 11.6 Å². The van der Waals surface area contributed by atoms with E-state index in [0.717, 1.165) is 29.9 Å². The molecule has 6 nitrogen and oxygen atoms in total. The van der Waals surface area contributed by atoms with E-state index in [4.69, 9.17) is 11.6 Å². The van der Waals surface area contributed by atoms with Crippen molar-refractivity contribution in [2.45, 2.75) is 32.6 Å². The lowest BCUT2D eigenvalue weighted by Crippen LogP contribution is -2.03. The smallest absolute Gasteiger partial charge is 0.162 e. The Morgan fingerprint density at radius 1 is 1.12 bits per heavy atom. The monoisotopic (exact) mass is 344 g/mol. The highest BCUT2D eigenvalue weighted by molar-refractivity contribution is 6.30. The molecule has 3 N–H and O–H groups in total. The summed E-state index contributed by atoms with van der Waals surface area (Å²) in [5.41, 5.74) is 1.57. The average molecular weight is 345 g/mol. The number of hydrogen-bond donors (Lipinski definition) is 3. The van der Waals surface area contributed by atoms with Gasteiger partial charge in [-0.3, -0.25) is 5.10 Å². The van der Waals surface area contributed by atoms with Gasteiger partial charge in [0.05, 0.1) is 0 Å². The maximum Gasteiger partial charge on any atom is 0.162 e. The highest BCUT2D eigenvalue weighted by Crippen LogP contribution is 2.28. The molecule has 126 valence electrons. The number of nitrogens with one attached hydrogen (secondary N) is 3. The fraction of sp³-hybridized carbons (Fsp3) is 0.353. The summed E-state index contributed by atoms with van der Waals surface area (Å²) in [6.45, 7) is 3.09. The van der Waals surface area contributed by atoms with Crippen LogP contribution in [0, 0.1) is 0 Å². The lowest BCUT2D eigenvalue weighted by atomic mass is 10.2. The van der Waals surface area contributed by atoms with E-state index in [1.54, 1.807) is 0 Å². The molecule has 0 aliphatic carbocycles. The Kier molecular flexibility index (Phi) is 5.48. The van der Waals surface area contributed by atoms with Crippen LogP contribution in [-0.2, 0) is 0 Å². The van der Waals surface area contributed by atoms with Crippen LogP contribution < -0.4 is 10.6 Å². The molecule has 0 amide bonds. The van der Waals surface area contributed by atoms with E-state index >= 15 is 0 Å². The van der Waals surface area contributed by atoms with Gasteiger partial charge in [0.15, 0.2) is 11.5 Å². The molecule has 0 spiro atoms. The molecule has 24 heavy (non-hydrogen) atoms. The van der Waals surface area contributed by atoms with Crippen molar-refractivity contribution in [3.05, 3.63) is 35.6 Å². The summed E-state index contributed by atoms with van der Waals surface area (Å²) in [6, 6.07) is 7.53.